The van der Waals surface area contributed by atoms with Gasteiger partial charge < -0.3 is 9.47 Å². The van der Waals surface area contributed by atoms with Gasteiger partial charge in [-0.1, -0.05) is 24.3 Å². The molecule has 2 heterocycles. The molecule has 2 aliphatic rings. The van der Waals surface area contributed by atoms with Gasteiger partial charge in [-0.2, -0.15) is 0 Å². The number of amides is 1. The Kier molecular flexibility index (Phi) is 5.11. The highest BCUT2D eigenvalue weighted by Gasteiger charge is 2.33. The molecule has 1 atom stereocenters. The number of fused-ring (bicyclic) bond motifs is 1. The summed E-state index contributed by atoms with van der Waals surface area (Å²) in [5.41, 5.74) is 2.09. The third-order valence-electron chi connectivity index (χ3n) is 4.56. The van der Waals surface area contributed by atoms with Crippen molar-refractivity contribution in [2.75, 3.05) is 32.8 Å². The third-order valence-corrected chi connectivity index (χ3v) is 4.56. The minimum atomic E-state index is -0.475. The van der Waals surface area contributed by atoms with Gasteiger partial charge in [0.2, 0.25) is 0 Å². The van der Waals surface area contributed by atoms with Crippen molar-refractivity contribution in [2.24, 2.45) is 0 Å². The molecule has 1 fully saturated rings. The zero-order chi connectivity index (χ0) is 17.2. The molecule has 24 heavy (non-hydrogen) atoms. The maximum atomic E-state index is 12.7. The molecule has 2 aliphatic heterocycles. The summed E-state index contributed by atoms with van der Waals surface area (Å²) in [6, 6.07) is 8.54. The van der Waals surface area contributed by atoms with E-state index in [4.69, 9.17) is 9.47 Å². The predicted octanol–water partition coefficient (Wildman–Crippen LogP) is 2.68. The normalized spacial score (nSPS) is 22.1. The van der Waals surface area contributed by atoms with Gasteiger partial charge in [-0.05, 0) is 38.3 Å². The van der Waals surface area contributed by atoms with Gasteiger partial charge in [0, 0.05) is 26.2 Å². The fourth-order valence-corrected chi connectivity index (χ4v) is 3.37. The fourth-order valence-electron chi connectivity index (χ4n) is 3.37. The number of hydrogen-bond acceptors (Lipinski definition) is 4. The van der Waals surface area contributed by atoms with E-state index in [0.29, 0.717) is 6.54 Å². The summed E-state index contributed by atoms with van der Waals surface area (Å²) >= 11 is 0. The Hall–Kier alpha value is -1.59. The van der Waals surface area contributed by atoms with Crippen LogP contribution in [0.25, 0.3) is 0 Å². The summed E-state index contributed by atoms with van der Waals surface area (Å²) in [4.78, 5) is 17.0. The first-order valence-electron chi connectivity index (χ1n) is 8.79. The van der Waals surface area contributed by atoms with E-state index < -0.39 is 5.60 Å². The maximum absolute atomic E-state index is 12.7. The van der Waals surface area contributed by atoms with Gasteiger partial charge >= 0.3 is 6.09 Å². The largest absolute Gasteiger partial charge is 0.444 e. The van der Waals surface area contributed by atoms with Crippen LogP contribution in [-0.4, -0.2) is 60.4 Å². The molecule has 0 aliphatic carbocycles. The lowest BCUT2D eigenvalue weighted by atomic mass is 9.94. The van der Waals surface area contributed by atoms with Gasteiger partial charge in [-0.25, -0.2) is 4.79 Å². The fraction of sp³-hybridized carbons (Fsp3) is 0.632. The van der Waals surface area contributed by atoms with E-state index >= 15 is 0 Å². The summed E-state index contributed by atoms with van der Waals surface area (Å²) < 4.78 is 11.1. The monoisotopic (exact) mass is 332 g/mol. The van der Waals surface area contributed by atoms with Crippen LogP contribution in [0.3, 0.4) is 0 Å². The minimum Gasteiger partial charge on any atom is -0.444 e. The van der Waals surface area contributed by atoms with E-state index in [0.717, 1.165) is 39.3 Å². The van der Waals surface area contributed by atoms with Crippen molar-refractivity contribution >= 4 is 6.09 Å². The second-order valence-electron chi connectivity index (χ2n) is 7.65. The molecule has 0 aromatic heterocycles. The van der Waals surface area contributed by atoms with Crippen LogP contribution in [-0.2, 0) is 22.4 Å². The van der Waals surface area contributed by atoms with Gasteiger partial charge in [-0.3, -0.25) is 9.80 Å². The van der Waals surface area contributed by atoms with Crippen molar-refractivity contribution in [2.45, 2.75) is 45.4 Å². The molecule has 1 amide bonds. The van der Waals surface area contributed by atoms with E-state index in [1.54, 1.807) is 0 Å². The lowest BCUT2D eigenvalue weighted by Gasteiger charge is -2.40. The molecule has 0 bridgehead atoms. The van der Waals surface area contributed by atoms with Crippen LogP contribution in [0.5, 0.6) is 0 Å². The van der Waals surface area contributed by atoms with E-state index in [1.165, 1.54) is 11.1 Å². The first-order chi connectivity index (χ1) is 11.4. The predicted molar refractivity (Wildman–Crippen MR) is 93.0 cm³/mol. The van der Waals surface area contributed by atoms with Crippen LogP contribution in [0.1, 0.15) is 31.9 Å². The molecule has 0 unspecified atom stereocenters. The molecular formula is C19H28N2O3. The van der Waals surface area contributed by atoms with Gasteiger partial charge in [0.25, 0.3) is 0 Å². The average molecular weight is 332 g/mol. The van der Waals surface area contributed by atoms with E-state index in [-0.39, 0.29) is 12.1 Å². The Balaban J connectivity index is 1.77. The Morgan fingerprint density at radius 2 is 1.88 bits per heavy atom. The van der Waals surface area contributed by atoms with Crippen LogP contribution >= 0.6 is 0 Å². The first kappa shape index (κ1) is 17.2. The molecular weight excluding hydrogens is 304 g/mol. The molecule has 1 aromatic carbocycles. The quantitative estimate of drug-likeness (QED) is 0.835. The summed E-state index contributed by atoms with van der Waals surface area (Å²) in [6.07, 6.45) is 0.669. The van der Waals surface area contributed by atoms with E-state index in [1.807, 2.05) is 31.7 Å². The Bertz CT molecular complexity index is 576. The second kappa shape index (κ2) is 7.11. The van der Waals surface area contributed by atoms with Gasteiger partial charge in [0.05, 0.1) is 19.3 Å². The van der Waals surface area contributed by atoms with Crippen LogP contribution in [0, 0.1) is 0 Å². The lowest BCUT2D eigenvalue weighted by molar-refractivity contribution is -0.00391. The Morgan fingerprint density at radius 3 is 2.54 bits per heavy atom. The van der Waals surface area contributed by atoms with Crippen LogP contribution in [0.4, 0.5) is 4.79 Å². The van der Waals surface area contributed by atoms with Crippen LogP contribution in [0.2, 0.25) is 0 Å². The Morgan fingerprint density at radius 1 is 1.21 bits per heavy atom. The number of ether oxygens (including phenoxy) is 2. The smallest absolute Gasteiger partial charge is 0.410 e. The molecule has 3 rings (SSSR count). The number of carbonyl (C=O) groups is 1. The minimum absolute atomic E-state index is 0.146. The second-order valence-corrected chi connectivity index (χ2v) is 7.65. The molecule has 0 saturated carbocycles. The number of benzene rings is 1. The van der Waals surface area contributed by atoms with Gasteiger partial charge in [0.15, 0.2) is 0 Å². The number of morpholine rings is 1. The standard InChI is InChI=1S/C19H28N2O3/c1-19(2,3)24-18(22)21-13-16-7-5-4-6-15(16)12-17(21)14-20-8-10-23-11-9-20/h4-7,17H,8-14H2,1-3H3/t17-/m0/s1. The Labute approximate surface area is 144 Å². The average Bonchev–Trinajstić information content (AvgIpc) is 2.53. The molecule has 0 N–H and O–H groups in total. The number of rotatable bonds is 2. The molecule has 1 saturated heterocycles. The summed E-state index contributed by atoms with van der Waals surface area (Å²) in [5.74, 6) is 0. The molecule has 0 radical (unpaired) electrons. The lowest BCUT2D eigenvalue weighted by Crippen LogP contribution is -2.52. The molecule has 0 spiro atoms. The van der Waals surface area contributed by atoms with Crippen molar-refractivity contribution < 1.29 is 14.3 Å². The third kappa shape index (κ3) is 4.28. The molecule has 5 nitrogen and oxygen atoms in total. The summed E-state index contributed by atoms with van der Waals surface area (Å²) in [5, 5.41) is 0. The topological polar surface area (TPSA) is 42.0 Å². The highest BCUT2D eigenvalue weighted by atomic mass is 16.6. The highest BCUT2D eigenvalue weighted by Crippen LogP contribution is 2.26. The van der Waals surface area contributed by atoms with Crippen molar-refractivity contribution in [3.63, 3.8) is 0 Å². The zero-order valence-corrected chi connectivity index (χ0v) is 15.0. The zero-order valence-electron chi connectivity index (χ0n) is 15.0. The van der Waals surface area contributed by atoms with Gasteiger partial charge in [-0.15, -0.1) is 0 Å². The SMILES string of the molecule is CC(C)(C)OC(=O)N1Cc2ccccc2C[C@H]1CN1CCOCC1. The van der Waals surface area contributed by atoms with Gasteiger partial charge in [0.1, 0.15) is 5.60 Å². The van der Waals surface area contributed by atoms with Crippen LogP contribution < -0.4 is 0 Å². The van der Waals surface area contributed by atoms with Crippen molar-refractivity contribution in [1.82, 2.24) is 9.80 Å². The maximum Gasteiger partial charge on any atom is 0.410 e. The summed E-state index contributed by atoms with van der Waals surface area (Å²) in [6.45, 7) is 10.7. The van der Waals surface area contributed by atoms with E-state index in [2.05, 4.69) is 23.1 Å². The van der Waals surface area contributed by atoms with Crippen molar-refractivity contribution in [1.29, 1.82) is 0 Å². The molecule has 1 aromatic rings. The van der Waals surface area contributed by atoms with Crippen molar-refractivity contribution in [3.05, 3.63) is 35.4 Å². The molecule has 132 valence electrons. The number of hydrogen-bond donors (Lipinski definition) is 0. The first-order valence-corrected chi connectivity index (χ1v) is 8.79. The highest BCUT2D eigenvalue weighted by molar-refractivity contribution is 5.69. The number of carbonyl (C=O) groups excluding carboxylic acids is 1. The van der Waals surface area contributed by atoms with E-state index in [9.17, 15) is 4.79 Å². The van der Waals surface area contributed by atoms with Crippen molar-refractivity contribution in [3.8, 4) is 0 Å². The molecule has 5 heteroatoms. The van der Waals surface area contributed by atoms with Crippen LogP contribution in [0.15, 0.2) is 24.3 Å². The summed E-state index contributed by atoms with van der Waals surface area (Å²) in [7, 11) is 0. The number of nitrogens with zero attached hydrogens (tertiary/aromatic N) is 2.